The fourth-order valence-corrected chi connectivity index (χ4v) is 3.04. The molecule has 1 aromatic rings. The van der Waals surface area contributed by atoms with Crippen molar-refractivity contribution < 1.29 is 4.74 Å². The molecule has 2 aliphatic rings. The van der Waals surface area contributed by atoms with Crippen LogP contribution >= 0.6 is 0 Å². The molecule has 18 heavy (non-hydrogen) atoms. The Kier molecular flexibility index (Phi) is 3.33. The van der Waals surface area contributed by atoms with Gasteiger partial charge in [-0.2, -0.15) is 0 Å². The quantitative estimate of drug-likeness (QED) is 0.854. The fraction of sp³-hybridized carbons (Fsp3) is 0.643. The van der Waals surface area contributed by atoms with Crippen molar-refractivity contribution in [3.05, 3.63) is 29.6 Å². The lowest BCUT2D eigenvalue weighted by Gasteiger charge is -2.37. The third-order valence-corrected chi connectivity index (χ3v) is 4.10. The summed E-state index contributed by atoms with van der Waals surface area (Å²) in [5.41, 5.74) is 8.56. The molecule has 3 heterocycles. The Morgan fingerprint density at radius 2 is 2.39 bits per heavy atom. The molecule has 98 valence electrons. The van der Waals surface area contributed by atoms with Crippen molar-refractivity contribution >= 4 is 0 Å². The predicted molar refractivity (Wildman–Crippen MR) is 70.2 cm³/mol. The summed E-state index contributed by atoms with van der Waals surface area (Å²) in [6.45, 7) is 5.03. The highest BCUT2D eigenvalue weighted by Crippen LogP contribution is 2.27. The number of rotatable bonds is 2. The Bertz CT molecular complexity index is 423. The predicted octanol–water partition coefficient (Wildman–Crippen LogP) is 1.25. The summed E-state index contributed by atoms with van der Waals surface area (Å²) in [4.78, 5) is 6.74. The molecule has 4 nitrogen and oxygen atoms in total. The molecule has 0 amide bonds. The van der Waals surface area contributed by atoms with Crippen LogP contribution in [0.15, 0.2) is 18.5 Å². The largest absolute Gasteiger partial charge is 0.373 e. The average Bonchev–Trinajstić information content (AvgIpc) is 2.85. The number of fused-ring (bicyclic) bond motifs is 1. The SMILES string of the molecule is Cc1cncc(C(N)C2CN3CCCC3CO2)c1. The molecule has 4 heteroatoms. The number of morpholine rings is 1. The zero-order valence-electron chi connectivity index (χ0n) is 10.9. The van der Waals surface area contributed by atoms with E-state index in [2.05, 4.69) is 16.0 Å². The number of pyridine rings is 1. The first kappa shape index (κ1) is 12.1. The zero-order chi connectivity index (χ0) is 12.5. The third-order valence-electron chi connectivity index (χ3n) is 4.10. The van der Waals surface area contributed by atoms with E-state index in [4.69, 9.17) is 10.5 Å². The molecule has 0 bridgehead atoms. The lowest BCUT2D eigenvalue weighted by atomic mass is 10.0. The monoisotopic (exact) mass is 247 g/mol. The van der Waals surface area contributed by atoms with Crippen molar-refractivity contribution in [2.75, 3.05) is 19.7 Å². The second-order valence-electron chi connectivity index (χ2n) is 5.48. The molecular formula is C14H21N3O. The highest BCUT2D eigenvalue weighted by Gasteiger charge is 2.35. The van der Waals surface area contributed by atoms with Crippen LogP contribution in [0.4, 0.5) is 0 Å². The molecule has 0 radical (unpaired) electrons. The van der Waals surface area contributed by atoms with Crippen molar-refractivity contribution in [3.63, 3.8) is 0 Å². The Morgan fingerprint density at radius 3 is 3.22 bits per heavy atom. The van der Waals surface area contributed by atoms with Crippen molar-refractivity contribution in [1.29, 1.82) is 0 Å². The van der Waals surface area contributed by atoms with E-state index in [1.54, 1.807) is 0 Å². The molecule has 2 N–H and O–H groups in total. The number of nitrogens with two attached hydrogens (primary N) is 1. The summed E-state index contributed by atoms with van der Waals surface area (Å²) >= 11 is 0. The number of hydrogen-bond donors (Lipinski definition) is 1. The lowest BCUT2D eigenvalue weighted by Crippen LogP contribution is -2.49. The van der Waals surface area contributed by atoms with Crippen molar-refractivity contribution in [1.82, 2.24) is 9.88 Å². The van der Waals surface area contributed by atoms with Gasteiger partial charge in [0.15, 0.2) is 0 Å². The van der Waals surface area contributed by atoms with Gasteiger partial charge in [0, 0.05) is 25.0 Å². The Hall–Kier alpha value is -0.970. The van der Waals surface area contributed by atoms with Gasteiger partial charge < -0.3 is 10.5 Å². The van der Waals surface area contributed by atoms with Gasteiger partial charge in [-0.1, -0.05) is 6.07 Å². The van der Waals surface area contributed by atoms with Crippen molar-refractivity contribution in [3.8, 4) is 0 Å². The van der Waals surface area contributed by atoms with Crippen LogP contribution in [-0.2, 0) is 4.74 Å². The number of hydrogen-bond acceptors (Lipinski definition) is 4. The molecule has 0 saturated carbocycles. The maximum atomic E-state index is 6.33. The molecule has 0 aliphatic carbocycles. The van der Waals surface area contributed by atoms with Crippen LogP contribution in [0.25, 0.3) is 0 Å². The van der Waals surface area contributed by atoms with Gasteiger partial charge in [0.05, 0.1) is 18.8 Å². The van der Waals surface area contributed by atoms with Gasteiger partial charge in [-0.15, -0.1) is 0 Å². The minimum atomic E-state index is -0.0704. The van der Waals surface area contributed by atoms with Gasteiger partial charge in [0.25, 0.3) is 0 Å². The fourth-order valence-electron chi connectivity index (χ4n) is 3.04. The minimum Gasteiger partial charge on any atom is -0.373 e. The molecular weight excluding hydrogens is 226 g/mol. The lowest BCUT2D eigenvalue weighted by molar-refractivity contribution is -0.0597. The van der Waals surface area contributed by atoms with Gasteiger partial charge >= 0.3 is 0 Å². The normalized spacial score (nSPS) is 30.1. The highest BCUT2D eigenvalue weighted by molar-refractivity contribution is 5.21. The van der Waals surface area contributed by atoms with E-state index in [0.717, 1.165) is 24.3 Å². The molecule has 1 aromatic heterocycles. The third kappa shape index (κ3) is 2.28. The maximum absolute atomic E-state index is 6.33. The van der Waals surface area contributed by atoms with Crippen LogP contribution in [-0.4, -0.2) is 41.7 Å². The summed E-state index contributed by atoms with van der Waals surface area (Å²) in [5, 5.41) is 0. The van der Waals surface area contributed by atoms with Gasteiger partial charge in [0.2, 0.25) is 0 Å². The summed E-state index contributed by atoms with van der Waals surface area (Å²) in [6.07, 6.45) is 6.38. The Labute approximate surface area is 108 Å². The summed E-state index contributed by atoms with van der Waals surface area (Å²) < 4.78 is 5.95. The maximum Gasteiger partial charge on any atom is 0.0895 e. The van der Waals surface area contributed by atoms with Crippen LogP contribution < -0.4 is 5.73 Å². The average molecular weight is 247 g/mol. The number of aromatic nitrogens is 1. The van der Waals surface area contributed by atoms with Crippen molar-refractivity contribution in [2.24, 2.45) is 5.73 Å². The molecule has 3 rings (SSSR count). The Balaban J connectivity index is 1.71. The first-order chi connectivity index (χ1) is 8.74. The van der Waals surface area contributed by atoms with Crippen LogP contribution in [0.1, 0.15) is 30.0 Å². The number of aryl methyl sites for hydroxylation is 1. The second kappa shape index (κ2) is 4.96. The first-order valence-corrected chi connectivity index (χ1v) is 6.77. The highest BCUT2D eigenvalue weighted by atomic mass is 16.5. The molecule has 2 saturated heterocycles. The minimum absolute atomic E-state index is 0.0704. The van der Waals surface area contributed by atoms with Crippen LogP contribution in [0.2, 0.25) is 0 Å². The van der Waals surface area contributed by atoms with E-state index < -0.39 is 0 Å². The van der Waals surface area contributed by atoms with E-state index in [9.17, 15) is 0 Å². The molecule has 3 atom stereocenters. The molecule has 0 spiro atoms. The van der Waals surface area contributed by atoms with E-state index in [1.807, 2.05) is 19.3 Å². The smallest absolute Gasteiger partial charge is 0.0895 e. The van der Waals surface area contributed by atoms with Crippen LogP contribution in [0.5, 0.6) is 0 Å². The zero-order valence-corrected chi connectivity index (χ0v) is 10.9. The Morgan fingerprint density at radius 1 is 1.50 bits per heavy atom. The van der Waals surface area contributed by atoms with E-state index >= 15 is 0 Å². The van der Waals surface area contributed by atoms with E-state index in [1.165, 1.54) is 19.4 Å². The molecule has 2 aliphatic heterocycles. The first-order valence-electron chi connectivity index (χ1n) is 6.77. The number of ether oxygens (including phenoxy) is 1. The molecule has 2 fully saturated rings. The van der Waals surface area contributed by atoms with E-state index in [0.29, 0.717) is 6.04 Å². The van der Waals surface area contributed by atoms with Gasteiger partial charge in [-0.25, -0.2) is 0 Å². The van der Waals surface area contributed by atoms with Gasteiger partial charge in [-0.3, -0.25) is 9.88 Å². The summed E-state index contributed by atoms with van der Waals surface area (Å²) in [5.74, 6) is 0. The van der Waals surface area contributed by atoms with Crippen LogP contribution in [0.3, 0.4) is 0 Å². The second-order valence-corrected chi connectivity index (χ2v) is 5.48. The molecule has 3 unspecified atom stereocenters. The summed E-state index contributed by atoms with van der Waals surface area (Å²) in [7, 11) is 0. The van der Waals surface area contributed by atoms with Crippen LogP contribution in [0, 0.1) is 6.92 Å². The van der Waals surface area contributed by atoms with E-state index in [-0.39, 0.29) is 12.1 Å². The molecule has 0 aromatic carbocycles. The number of nitrogens with zero attached hydrogens (tertiary/aromatic N) is 2. The van der Waals surface area contributed by atoms with Gasteiger partial charge in [0.1, 0.15) is 0 Å². The summed E-state index contributed by atoms with van der Waals surface area (Å²) in [6, 6.07) is 2.67. The van der Waals surface area contributed by atoms with Gasteiger partial charge in [-0.05, 0) is 37.4 Å². The topological polar surface area (TPSA) is 51.4 Å². The van der Waals surface area contributed by atoms with Crippen molar-refractivity contribution in [2.45, 2.75) is 38.0 Å². The standard InChI is InChI=1S/C14H21N3O/c1-10-5-11(7-16-6-10)14(15)13-8-17-4-2-3-12(17)9-18-13/h5-7,12-14H,2-4,8-9,15H2,1H3.